The summed E-state index contributed by atoms with van der Waals surface area (Å²) < 4.78 is 47.6. The van der Waals surface area contributed by atoms with Crippen LogP contribution in [0.4, 0.5) is 19.0 Å². The van der Waals surface area contributed by atoms with Crippen LogP contribution in [-0.2, 0) is 0 Å². The van der Waals surface area contributed by atoms with Gasteiger partial charge in [0.2, 0.25) is 0 Å². The largest absolute Gasteiger partial charge is 0.410 e. The Kier molecular flexibility index (Phi) is 4.46. The third-order valence-corrected chi connectivity index (χ3v) is 6.00. The van der Waals surface area contributed by atoms with Crippen LogP contribution in [0.25, 0.3) is 11.3 Å². The third-order valence-electron chi connectivity index (χ3n) is 6.00. The predicted octanol–water partition coefficient (Wildman–Crippen LogP) is 5.09. The van der Waals surface area contributed by atoms with Crippen LogP contribution in [0.1, 0.15) is 47.1 Å². The zero-order valence-corrected chi connectivity index (χ0v) is 17.1. The molecule has 0 spiro atoms. The molecule has 0 radical (unpaired) electrons. The summed E-state index contributed by atoms with van der Waals surface area (Å²) in [5.41, 5.74) is 2.35. The minimum absolute atomic E-state index is 0.0428. The molecule has 2 aromatic heterocycles. The molecular weight excluding hydrogens is 409 g/mol. The van der Waals surface area contributed by atoms with Crippen molar-refractivity contribution in [1.29, 1.82) is 0 Å². The smallest absolute Gasteiger partial charge is 0.355 e. The zero-order valence-electron chi connectivity index (χ0n) is 17.1. The molecule has 0 N–H and O–H groups in total. The molecule has 0 saturated heterocycles. The lowest BCUT2D eigenvalue weighted by Crippen LogP contribution is -2.50. The molecule has 5 rings (SSSR count). The maximum Gasteiger partial charge on any atom is 0.410 e. The van der Waals surface area contributed by atoms with Crippen molar-refractivity contribution in [3.8, 4) is 11.3 Å². The van der Waals surface area contributed by atoms with E-state index in [-0.39, 0.29) is 23.9 Å². The summed E-state index contributed by atoms with van der Waals surface area (Å²) in [6, 6.07) is 8.35. The highest BCUT2D eigenvalue weighted by molar-refractivity contribution is 6.05. The maximum absolute atomic E-state index is 13.8. The molecule has 3 aromatic rings. The normalized spacial score (nSPS) is 21.3. The molecule has 1 aliphatic carbocycles. The van der Waals surface area contributed by atoms with Crippen LogP contribution in [-0.4, -0.2) is 33.1 Å². The van der Waals surface area contributed by atoms with E-state index in [9.17, 15) is 18.0 Å². The van der Waals surface area contributed by atoms with Gasteiger partial charge < -0.3 is 4.52 Å². The van der Waals surface area contributed by atoms with Crippen LogP contribution in [0.3, 0.4) is 0 Å². The summed E-state index contributed by atoms with van der Waals surface area (Å²) in [5.74, 6) is 0.163. The predicted molar refractivity (Wildman–Crippen MR) is 107 cm³/mol. The molecule has 31 heavy (non-hydrogen) atoms. The first kappa shape index (κ1) is 19.8. The van der Waals surface area contributed by atoms with Crippen LogP contribution >= 0.6 is 0 Å². The fourth-order valence-electron chi connectivity index (χ4n) is 4.28. The number of nitrogens with zero attached hydrogens (tertiary/aromatic N) is 4. The van der Waals surface area contributed by atoms with E-state index in [0.29, 0.717) is 11.5 Å². The average Bonchev–Trinajstić information content (AvgIpc) is 3.30. The number of aromatic nitrogens is 3. The lowest BCUT2D eigenvalue weighted by molar-refractivity contribution is -0.174. The molecule has 2 aliphatic rings. The summed E-state index contributed by atoms with van der Waals surface area (Å²) in [5, 5.41) is 7.99. The lowest BCUT2D eigenvalue weighted by atomic mass is 9.97. The molecule has 2 atom stereocenters. The molecule has 1 amide bonds. The number of carbonyl (C=O) groups is 1. The van der Waals surface area contributed by atoms with Gasteiger partial charge in [0.1, 0.15) is 5.82 Å². The first-order valence-electron chi connectivity index (χ1n) is 10.2. The van der Waals surface area contributed by atoms with Gasteiger partial charge in [-0.25, -0.2) is 4.68 Å². The monoisotopic (exact) mass is 430 g/mol. The summed E-state index contributed by atoms with van der Waals surface area (Å²) in [4.78, 5) is 14.9. The number of rotatable bonds is 3. The van der Waals surface area contributed by atoms with E-state index >= 15 is 0 Å². The van der Waals surface area contributed by atoms with Crippen molar-refractivity contribution in [1.82, 2.24) is 14.9 Å². The van der Waals surface area contributed by atoms with Crippen LogP contribution in [0.2, 0.25) is 0 Å². The Balaban J connectivity index is 1.53. The van der Waals surface area contributed by atoms with Crippen molar-refractivity contribution in [2.75, 3.05) is 4.90 Å². The summed E-state index contributed by atoms with van der Waals surface area (Å²) in [7, 11) is 0. The molecule has 6 nitrogen and oxygen atoms in total. The molecule has 1 aromatic carbocycles. The van der Waals surface area contributed by atoms with E-state index in [4.69, 9.17) is 4.52 Å². The van der Waals surface area contributed by atoms with Crippen LogP contribution < -0.4 is 4.90 Å². The Labute approximate surface area is 176 Å². The average molecular weight is 430 g/mol. The van der Waals surface area contributed by atoms with Crippen molar-refractivity contribution >= 4 is 11.7 Å². The highest BCUT2D eigenvalue weighted by atomic mass is 19.4. The van der Waals surface area contributed by atoms with E-state index in [0.717, 1.165) is 28.7 Å². The third kappa shape index (κ3) is 3.51. The second-order valence-corrected chi connectivity index (χ2v) is 8.40. The van der Waals surface area contributed by atoms with E-state index in [1.54, 1.807) is 13.0 Å². The van der Waals surface area contributed by atoms with Crippen LogP contribution in [0, 0.1) is 19.8 Å². The number of alkyl halides is 3. The number of amides is 1. The molecule has 3 heterocycles. The summed E-state index contributed by atoms with van der Waals surface area (Å²) in [6.07, 6.45) is -3.04. The fraction of sp³-hybridized carbons (Fsp3) is 0.409. The van der Waals surface area contributed by atoms with E-state index < -0.39 is 24.2 Å². The first-order chi connectivity index (χ1) is 14.7. The van der Waals surface area contributed by atoms with Gasteiger partial charge in [0, 0.05) is 23.7 Å². The molecule has 0 unspecified atom stereocenters. The van der Waals surface area contributed by atoms with Gasteiger partial charge in [-0.15, -0.1) is 0 Å². The van der Waals surface area contributed by atoms with Gasteiger partial charge in [0.25, 0.3) is 5.91 Å². The highest BCUT2D eigenvalue weighted by Crippen LogP contribution is 2.48. The fourth-order valence-corrected chi connectivity index (χ4v) is 4.28. The maximum atomic E-state index is 13.8. The Bertz CT molecular complexity index is 1130. The van der Waals surface area contributed by atoms with E-state index in [1.165, 1.54) is 11.0 Å². The summed E-state index contributed by atoms with van der Waals surface area (Å²) in [6.45, 7) is 3.59. The standard InChI is InChI=1S/C22H21F3N4O2/c1-12-3-5-15(6-4-12)18-10-16(27-31-18)21(30)28-17(14-7-8-14)11-19(22(23,24)25)29-20(28)9-13(2)26-29/h3-6,9-10,14,17,19H,7-8,11H2,1-2H3/t17-,19-/m0/s1. The van der Waals surface area contributed by atoms with Gasteiger partial charge >= 0.3 is 6.18 Å². The van der Waals surface area contributed by atoms with Crippen LogP contribution in [0.5, 0.6) is 0 Å². The zero-order chi connectivity index (χ0) is 21.9. The lowest BCUT2D eigenvalue weighted by Gasteiger charge is -2.40. The molecule has 9 heteroatoms. The topological polar surface area (TPSA) is 64.2 Å². The summed E-state index contributed by atoms with van der Waals surface area (Å²) >= 11 is 0. The SMILES string of the molecule is Cc1ccc(-c2cc(C(=O)N3c4cc(C)nn4[C@H](C(F)(F)F)C[C@H]3C3CC3)no2)cc1. The Morgan fingerprint density at radius 3 is 2.48 bits per heavy atom. The molecular formula is C22H21F3N4O2. The van der Waals surface area contributed by atoms with Crippen molar-refractivity contribution in [3.05, 3.63) is 53.3 Å². The van der Waals surface area contributed by atoms with Crippen molar-refractivity contribution in [2.24, 2.45) is 5.92 Å². The minimum Gasteiger partial charge on any atom is -0.355 e. The van der Waals surface area contributed by atoms with Crippen molar-refractivity contribution < 1.29 is 22.5 Å². The quantitative estimate of drug-likeness (QED) is 0.581. The van der Waals surface area contributed by atoms with Gasteiger partial charge in [-0.1, -0.05) is 35.0 Å². The van der Waals surface area contributed by atoms with E-state index in [1.807, 2.05) is 31.2 Å². The number of fused-ring (bicyclic) bond motifs is 1. The number of hydrogen-bond donors (Lipinski definition) is 0. The second-order valence-electron chi connectivity index (χ2n) is 8.40. The molecule has 0 bridgehead atoms. The minimum atomic E-state index is -4.44. The van der Waals surface area contributed by atoms with Crippen molar-refractivity contribution in [3.63, 3.8) is 0 Å². The van der Waals surface area contributed by atoms with Gasteiger partial charge in [0.15, 0.2) is 17.5 Å². The van der Waals surface area contributed by atoms with Crippen molar-refractivity contribution in [2.45, 2.75) is 51.4 Å². The molecule has 162 valence electrons. The Morgan fingerprint density at radius 2 is 1.84 bits per heavy atom. The number of aryl methyl sites for hydroxylation is 2. The number of anilines is 1. The van der Waals surface area contributed by atoms with Gasteiger partial charge in [-0.3, -0.25) is 9.69 Å². The number of carbonyl (C=O) groups excluding carboxylic acids is 1. The van der Waals surface area contributed by atoms with Crippen LogP contribution in [0.15, 0.2) is 40.9 Å². The molecule has 1 saturated carbocycles. The Hall–Kier alpha value is -3.10. The van der Waals surface area contributed by atoms with E-state index in [2.05, 4.69) is 10.3 Å². The number of hydrogen-bond acceptors (Lipinski definition) is 4. The Morgan fingerprint density at radius 1 is 1.13 bits per heavy atom. The number of halogens is 3. The highest BCUT2D eigenvalue weighted by Gasteiger charge is 2.53. The first-order valence-corrected chi connectivity index (χ1v) is 10.2. The molecule has 1 aliphatic heterocycles. The second kappa shape index (κ2) is 6.96. The van der Waals surface area contributed by atoms with Gasteiger partial charge in [0.05, 0.1) is 5.69 Å². The number of benzene rings is 1. The van der Waals surface area contributed by atoms with Gasteiger partial charge in [-0.05, 0) is 39.0 Å². The molecule has 1 fully saturated rings. The van der Waals surface area contributed by atoms with Gasteiger partial charge in [-0.2, -0.15) is 18.3 Å².